The van der Waals surface area contributed by atoms with Crippen LogP contribution in [0.3, 0.4) is 0 Å². The van der Waals surface area contributed by atoms with Gasteiger partial charge in [0.1, 0.15) is 18.3 Å². The van der Waals surface area contributed by atoms with Crippen molar-refractivity contribution in [3.63, 3.8) is 0 Å². The quantitative estimate of drug-likeness (QED) is 0.145. The fourth-order valence-corrected chi connectivity index (χ4v) is 5.38. The number of carbonyl (C=O) groups excluding carboxylic acids is 1. The molecule has 0 aliphatic carbocycles. The summed E-state index contributed by atoms with van der Waals surface area (Å²) in [5.41, 5.74) is 0.257. The molecule has 1 aromatic rings. The van der Waals surface area contributed by atoms with E-state index in [0.29, 0.717) is 6.42 Å². The lowest BCUT2D eigenvalue weighted by molar-refractivity contribution is -0.0272. The van der Waals surface area contributed by atoms with E-state index < -0.39 is 54.6 Å². The molecule has 0 spiro atoms. The molecule has 14 heteroatoms. The van der Waals surface area contributed by atoms with Crippen LogP contribution in [0.2, 0.25) is 0 Å². The molecule has 36 heavy (non-hydrogen) atoms. The molecule has 208 valence electrons. The van der Waals surface area contributed by atoms with Gasteiger partial charge in [-0.1, -0.05) is 57.2 Å². The van der Waals surface area contributed by atoms with Gasteiger partial charge in [0, 0.05) is 6.42 Å². The Morgan fingerprint density at radius 3 is 1.72 bits per heavy atom. The summed E-state index contributed by atoms with van der Waals surface area (Å²) in [7, 11) is -12.4. The minimum Gasteiger partial charge on any atom is -0.462 e. The Morgan fingerprint density at radius 1 is 0.722 bits per heavy atom. The number of hydrogen-bond donors (Lipinski definition) is 0. The predicted octanol–water partition coefficient (Wildman–Crippen LogP) is 2.63. The zero-order valence-corrected chi connectivity index (χ0v) is 23.4. The number of carbonyl (C=O) groups is 1. The van der Waals surface area contributed by atoms with Crippen LogP contribution in [-0.4, -0.2) is 74.9 Å². The van der Waals surface area contributed by atoms with Crippen LogP contribution in [0.15, 0.2) is 30.3 Å². The Labute approximate surface area is 214 Å². The molecule has 0 N–H and O–H groups in total. The van der Waals surface area contributed by atoms with Crippen LogP contribution in [0.25, 0.3) is 0 Å². The molecule has 0 aromatic heterocycles. The van der Waals surface area contributed by atoms with Crippen LogP contribution in [0, 0.1) is 0 Å². The van der Waals surface area contributed by atoms with Crippen LogP contribution in [-0.2, 0) is 47.6 Å². The van der Waals surface area contributed by atoms with E-state index in [1.54, 1.807) is 18.2 Å². The fraction of sp³-hybridized carbons (Fsp3) is 0.682. The van der Waals surface area contributed by atoms with Gasteiger partial charge in [-0.05, 0) is 18.6 Å². The van der Waals surface area contributed by atoms with E-state index in [1.165, 1.54) is 12.1 Å². The normalized spacial score (nSPS) is 15.2. The topological polar surface area (TPSA) is 156 Å². The van der Waals surface area contributed by atoms with Crippen molar-refractivity contribution in [2.75, 3.05) is 25.4 Å². The van der Waals surface area contributed by atoms with Gasteiger partial charge in [0.2, 0.25) is 0 Å². The lowest BCUT2D eigenvalue weighted by Gasteiger charge is -2.31. The smallest absolute Gasteiger partial charge is 0.338 e. The van der Waals surface area contributed by atoms with Crippen molar-refractivity contribution in [3.05, 3.63) is 35.9 Å². The zero-order valence-electron chi connectivity index (χ0n) is 21.0. The van der Waals surface area contributed by atoms with Gasteiger partial charge in [-0.3, -0.25) is 12.5 Å². The van der Waals surface area contributed by atoms with Gasteiger partial charge in [-0.2, -0.15) is 25.3 Å². The monoisotopic (exact) mass is 572 g/mol. The second-order valence-corrected chi connectivity index (χ2v) is 13.2. The highest BCUT2D eigenvalue weighted by atomic mass is 32.2. The van der Waals surface area contributed by atoms with Crippen LogP contribution in [0.4, 0.5) is 0 Å². The summed E-state index contributed by atoms with van der Waals surface area (Å²) in [4.78, 5) is 12.2. The molecule has 0 radical (unpaired) electrons. The van der Waals surface area contributed by atoms with Crippen molar-refractivity contribution < 1.29 is 47.3 Å². The zero-order chi connectivity index (χ0) is 27.4. The van der Waals surface area contributed by atoms with Crippen molar-refractivity contribution in [3.8, 4) is 0 Å². The molecule has 0 saturated heterocycles. The molecule has 1 aromatic carbocycles. The lowest BCUT2D eigenvalue weighted by Crippen LogP contribution is -2.46. The Balaban J connectivity index is 3.19. The van der Waals surface area contributed by atoms with E-state index in [4.69, 9.17) is 17.3 Å². The highest BCUT2D eigenvalue weighted by molar-refractivity contribution is 7.86. The maximum absolute atomic E-state index is 12.2. The van der Waals surface area contributed by atoms with E-state index >= 15 is 0 Å². The van der Waals surface area contributed by atoms with Gasteiger partial charge in [0.15, 0.2) is 0 Å². The summed E-state index contributed by atoms with van der Waals surface area (Å²) < 4.78 is 92.5. The standard InChI is InChI=1S/C22H36O11S3/c1-5-6-7-8-12-15-19(31-34(2,24)25)21(33-36(4,28)29)20(32-35(3,26)27)16-17-30-22(23)18-13-10-9-11-14-18/h9-11,13-14,19-21H,5-8,12,15-17H2,1-4H3. The first kappa shape index (κ1) is 32.4. The number of unbranched alkanes of at least 4 members (excludes halogenated alkanes) is 4. The minimum atomic E-state index is -4.21. The summed E-state index contributed by atoms with van der Waals surface area (Å²) in [5, 5.41) is 0. The Hall–Kier alpha value is -1.58. The summed E-state index contributed by atoms with van der Waals surface area (Å²) in [6.45, 7) is 1.67. The van der Waals surface area contributed by atoms with E-state index in [0.717, 1.165) is 44.5 Å². The second-order valence-electron chi connectivity index (χ2n) is 8.44. The molecule has 0 aliphatic rings. The number of benzene rings is 1. The highest BCUT2D eigenvalue weighted by Crippen LogP contribution is 2.25. The SMILES string of the molecule is CCCCCCCC(OS(C)(=O)=O)C(OS(C)(=O)=O)C(CCOC(=O)c1ccccc1)OS(C)(=O)=O. The third-order valence-corrected chi connectivity index (χ3v) is 6.62. The molecular weight excluding hydrogens is 536 g/mol. The van der Waals surface area contributed by atoms with Crippen LogP contribution in [0.5, 0.6) is 0 Å². The fourth-order valence-electron chi connectivity index (χ4n) is 3.42. The number of esters is 1. The molecule has 1 rings (SSSR count). The van der Waals surface area contributed by atoms with Gasteiger partial charge in [0.25, 0.3) is 30.4 Å². The number of ether oxygens (including phenoxy) is 1. The second kappa shape index (κ2) is 15.0. The van der Waals surface area contributed by atoms with Gasteiger partial charge in [-0.25, -0.2) is 4.79 Å². The van der Waals surface area contributed by atoms with Crippen LogP contribution in [0.1, 0.15) is 62.2 Å². The van der Waals surface area contributed by atoms with Gasteiger partial charge in [0.05, 0.1) is 30.9 Å². The maximum atomic E-state index is 12.2. The van der Waals surface area contributed by atoms with Crippen molar-refractivity contribution in [1.82, 2.24) is 0 Å². The number of hydrogen-bond acceptors (Lipinski definition) is 11. The largest absolute Gasteiger partial charge is 0.462 e. The Bertz CT molecular complexity index is 1120. The van der Waals surface area contributed by atoms with E-state index in [2.05, 4.69) is 0 Å². The summed E-state index contributed by atoms with van der Waals surface area (Å²) in [6.07, 6.45) is 1.50. The molecule has 11 nitrogen and oxygen atoms in total. The molecule has 0 heterocycles. The van der Waals surface area contributed by atoms with Crippen molar-refractivity contribution >= 4 is 36.3 Å². The van der Waals surface area contributed by atoms with Crippen LogP contribution >= 0.6 is 0 Å². The van der Waals surface area contributed by atoms with Gasteiger partial charge >= 0.3 is 5.97 Å². The van der Waals surface area contributed by atoms with Crippen LogP contribution < -0.4 is 0 Å². The molecule has 3 atom stereocenters. The first-order valence-electron chi connectivity index (χ1n) is 11.5. The minimum absolute atomic E-state index is 0.0599. The van der Waals surface area contributed by atoms with Crippen molar-refractivity contribution in [2.45, 2.75) is 70.2 Å². The molecule has 0 aliphatic heterocycles. The summed E-state index contributed by atoms with van der Waals surface area (Å²) >= 11 is 0. The average Bonchev–Trinajstić information content (AvgIpc) is 2.74. The third-order valence-electron chi connectivity index (χ3n) is 4.85. The van der Waals surface area contributed by atoms with Gasteiger partial charge in [-0.15, -0.1) is 0 Å². The molecule has 0 fully saturated rings. The Kier molecular flexibility index (Phi) is 13.5. The molecule has 3 unspecified atom stereocenters. The number of rotatable bonds is 18. The molecule has 0 amide bonds. The average molecular weight is 573 g/mol. The Morgan fingerprint density at radius 2 is 1.22 bits per heavy atom. The maximum Gasteiger partial charge on any atom is 0.338 e. The van der Waals surface area contributed by atoms with E-state index in [9.17, 15) is 30.0 Å². The van der Waals surface area contributed by atoms with E-state index in [1.807, 2.05) is 6.92 Å². The highest BCUT2D eigenvalue weighted by Gasteiger charge is 2.38. The summed E-state index contributed by atoms with van der Waals surface area (Å²) in [6, 6.07) is 8.03. The molecule has 0 bridgehead atoms. The van der Waals surface area contributed by atoms with E-state index in [-0.39, 0.29) is 25.0 Å². The van der Waals surface area contributed by atoms with Crippen molar-refractivity contribution in [2.24, 2.45) is 0 Å². The molecule has 0 saturated carbocycles. The van der Waals surface area contributed by atoms with Gasteiger partial charge < -0.3 is 4.74 Å². The predicted molar refractivity (Wildman–Crippen MR) is 134 cm³/mol. The lowest BCUT2D eigenvalue weighted by atomic mass is 10.00. The first-order chi connectivity index (χ1) is 16.6. The first-order valence-corrected chi connectivity index (χ1v) is 16.9. The van der Waals surface area contributed by atoms with Crippen molar-refractivity contribution in [1.29, 1.82) is 0 Å². The third kappa shape index (κ3) is 14.9. The molecular formula is C22H36O11S3. The summed E-state index contributed by atoms with van der Waals surface area (Å²) in [5.74, 6) is -0.686.